The zero-order chi connectivity index (χ0) is 21.1. The van der Waals surface area contributed by atoms with Crippen LogP contribution in [0.3, 0.4) is 0 Å². The zero-order valence-electron chi connectivity index (χ0n) is 17.2. The number of nitrogens with one attached hydrogen (secondary N) is 1. The number of fused-ring (bicyclic) bond motifs is 1. The van der Waals surface area contributed by atoms with Crippen molar-refractivity contribution in [3.05, 3.63) is 71.4 Å². The van der Waals surface area contributed by atoms with Crippen molar-refractivity contribution in [1.82, 2.24) is 15.2 Å². The number of aromatic nitrogens is 1. The van der Waals surface area contributed by atoms with Crippen LogP contribution in [0.2, 0.25) is 0 Å². The smallest absolute Gasteiger partial charge is 0.255 e. The quantitative estimate of drug-likeness (QED) is 0.723. The molecule has 1 N–H and O–H groups in total. The molecule has 4 rings (SSSR count). The number of hydrogen-bond donors (Lipinski definition) is 1. The second-order valence-electron chi connectivity index (χ2n) is 7.59. The summed E-state index contributed by atoms with van der Waals surface area (Å²) in [5.74, 6) is 0.656. The second-order valence-corrected chi connectivity index (χ2v) is 7.59. The number of nitrogens with zero attached hydrogens (tertiary/aromatic N) is 2. The van der Waals surface area contributed by atoms with Gasteiger partial charge >= 0.3 is 0 Å². The molecule has 2 amide bonds. The van der Waals surface area contributed by atoms with Crippen molar-refractivity contribution in [2.45, 2.75) is 25.8 Å². The molecule has 1 aliphatic rings. The molecule has 30 heavy (non-hydrogen) atoms. The predicted molar refractivity (Wildman–Crippen MR) is 116 cm³/mol. The number of methoxy groups -OCH3 is 1. The van der Waals surface area contributed by atoms with E-state index < -0.39 is 0 Å². The first-order valence-corrected chi connectivity index (χ1v) is 10.2. The molecule has 6 heteroatoms. The van der Waals surface area contributed by atoms with E-state index in [-0.39, 0.29) is 17.9 Å². The Morgan fingerprint density at radius 1 is 1.07 bits per heavy atom. The molecule has 0 aliphatic carbocycles. The third-order valence-corrected chi connectivity index (χ3v) is 5.60. The van der Waals surface area contributed by atoms with Crippen molar-refractivity contribution < 1.29 is 14.3 Å². The van der Waals surface area contributed by atoms with Gasteiger partial charge in [-0.2, -0.15) is 0 Å². The van der Waals surface area contributed by atoms with Crippen LogP contribution in [0.4, 0.5) is 0 Å². The summed E-state index contributed by atoms with van der Waals surface area (Å²) in [6.07, 6.45) is 1.47. The molecule has 3 aromatic rings. The highest BCUT2D eigenvalue weighted by Crippen LogP contribution is 2.23. The molecule has 0 radical (unpaired) electrons. The van der Waals surface area contributed by atoms with Gasteiger partial charge in [0.05, 0.1) is 23.9 Å². The van der Waals surface area contributed by atoms with Gasteiger partial charge in [-0.25, -0.2) is 0 Å². The van der Waals surface area contributed by atoms with Crippen LogP contribution in [0.5, 0.6) is 5.75 Å². The molecule has 1 aromatic heterocycles. The highest BCUT2D eigenvalue weighted by molar-refractivity contribution is 5.99. The Morgan fingerprint density at radius 2 is 1.80 bits per heavy atom. The Kier molecular flexibility index (Phi) is 5.65. The lowest BCUT2D eigenvalue weighted by molar-refractivity contribution is 0.0697. The normalized spacial score (nSPS) is 14.5. The van der Waals surface area contributed by atoms with Crippen molar-refractivity contribution in [1.29, 1.82) is 0 Å². The van der Waals surface area contributed by atoms with Crippen LogP contribution < -0.4 is 10.1 Å². The van der Waals surface area contributed by atoms with Gasteiger partial charge in [0.25, 0.3) is 11.8 Å². The van der Waals surface area contributed by atoms with Gasteiger partial charge in [0.1, 0.15) is 5.75 Å². The van der Waals surface area contributed by atoms with Crippen molar-refractivity contribution >= 4 is 22.7 Å². The number of amides is 2. The summed E-state index contributed by atoms with van der Waals surface area (Å²) in [7, 11) is 1.62. The first-order chi connectivity index (χ1) is 14.5. The summed E-state index contributed by atoms with van der Waals surface area (Å²) >= 11 is 0. The lowest BCUT2D eigenvalue weighted by Crippen LogP contribution is -2.46. The lowest BCUT2D eigenvalue weighted by atomic mass is 10.0. The number of piperidine rings is 1. The monoisotopic (exact) mass is 403 g/mol. The molecule has 0 bridgehead atoms. The molecule has 1 saturated heterocycles. The van der Waals surface area contributed by atoms with E-state index in [2.05, 4.69) is 10.3 Å². The SMILES string of the molecule is COc1ccc2nc(C)c(C(=O)N3CCC(NC(=O)c4ccccc4)CC3)cc2c1. The molecule has 1 fully saturated rings. The number of benzene rings is 2. The maximum absolute atomic E-state index is 13.1. The van der Waals surface area contributed by atoms with Gasteiger partial charge < -0.3 is 15.0 Å². The van der Waals surface area contributed by atoms with E-state index in [0.717, 1.165) is 35.2 Å². The summed E-state index contributed by atoms with van der Waals surface area (Å²) in [5, 5.41) is 3.96. The summed E-state index contributed by atoms with van der Waals surface area (Å²) in [6.45, 7) is 3.08. The standard InChI is InChI=1S/C24H25N3O3/c1-16-21(15-18-14-20(30-2)8-9-22(18)25-16)24(29)27-12-10-19(11-13-27)26-23(28)17-6-4-3-5-7-17/h3-9,14-15,19H,10-13H2,1-2H3,(H,26,28). The van der Waals surface area contributed by atoms with Gasteiger partial charge in [0.15, 0.2) is 0 Å². The minimum atomic E-state index is -0.0658. The van der Waals surface area contributed by atoms with Gasteiger partial charge in [0, 0.05) is 30.1 Å². The van der Waals surface area contributed by atoms with Crippen LogP contribution in [0.1, 0.15) is 39.3 Å². The number of hydrogen-bond acceptors (Lipinski definition) is 4. The zero-order valence-corrected chi connectivity index (χ0v) is 17.2. The Labute approximate surface area is 175 Å². The van der Waals surface area contributed by atoms with E-state index in [0.29, 0.717) is 24.2 Å². The molecule has 154 valence electrons. The van der Waals surface area contributed by atoms with Gasteiger partial charge in [-0.1, -0.05) is 18.2 Å². The van der Waals surface area contributed by atoms with Crippen molar-refractivity contribution in [2.75, 3.05) is 20.2 Å². The Bertz CT molecular complexity index is 1070. The van der Waals surface area contributed by atoms with Gasteiger partial charge in [-0.05, 0) is 56.2 Å². The molecular formula is C24H25N3O3. The summed E-state index contributed by atoms with van der Waals surface area (Å²) in [4.78, 5) is 31.9. The first kappa shape index (κ1) is 19.9. The highest BCUT2D eigenvalue weighted by atomic mass is 16.5. The molecular weight excluding hydrogens is 378 g/mol. The largest absolute Gasteiger partial charge is 0.497 e. The van der Waals surface area contributed by atoms with E-state index in [1.807, 2.05) is 54.3 Å². The maximum Gasteiger partial charge on any atom is 0.255 e. The molecule has 1 aliphatic heterocycles. The average molecular weight is 403 g/mol. The van der Waals surface area contributed by atoms with Crippen LogP contribution in [0, 0.1) is 6.92 Å². The second kappa shape index (κ2) is 8.53. The first-order valence-electron chi connectivity index (χ1n) is 10.2. The van der Waals surface area contributed by atoms with Crippen LogP contribution in [-0.2, 0) is 0 Å². The number of likely N-dealkylation sites (tertiary alicyclic amines) is 1. The van der Waals surface area contributed by atoms with Crippen molar-refractivity contribution in [3.63, 3.8) is 0 Å². The maximum atomic E-state index is 13.1. The van der Waals surface area contributed by atoms with E-state index in [1.165, 1.54) is 0 Å². The Morgan fingerprint density at radius 3 is 2.50 bits per heavy atom. The van der Waals surface area contributed by atoms with Gasteiger partial charge in [-0.3, -0.25) is 14.6 Å². The topological polar surface area (TPSA) is 71.5 Å². The number of carbonyl (C=O) groups excluding carboxylic acids is 2. The van der Waals surface area contributed by atoms with E-state index in [9.17, 15) is 9.59 Å². The summed E-state index contributed by atoms with van der Waals surface area (Å²) in [6, 6.07) is 16.8. The van der Waals surface area contributed by atoms with E-state index in [4.69, 9.17) is 4.74 Å². The third kappa shape index (κ3) is 4.13. The van der Waals surface area contributed by atoms with Gasteiger partial charge in [-0.15, -0.1) is 0 Å². The molecule has 0 atom stereocenters. The predicted octanol–water partition coefficient (Wildman–Crippen LogP) is 3.59. The van der Waals surface area contributed by atoms with E-state index in [1.54, 1.807) is 19.2 Å². The highest BCUT2D eigenvalue weighted by Gasteiger charge is 2.26. The minimum Gasteiger partial charge on any atom is -0.497 e. The molecule has 0 saturated carbocycles. The number of aryl methyl sites for hydroxylation is 1. The lowest BCUT2D eigenvalue weighted by Gasteiger charge is -2.32. The number of rotatable bonds is 4. The molecule has 2 aromatic carbocycles. The van der Waals surface area contributed by atoms with Crippen LogP contribution in [-0.4, -0.2) is 47.9 Å². The Balaban J connectivity index is 1.43. The van der Waals surface area contributed by atoms with Crippen molar-refractivity contribution in [3.8, 4) is 5.75 Å². The van der Waals surface area contributed by atoms with Crippen LogP contribution in [0.25, 0.3) is 10.9 Å². The number of ether oxygens (including phenoxy) is 1. The number of carbonyl (C=O) groups is 2. The van der Waals surface area contributed by atoms with Crippen LogP contribution >= 0.6 is 0 Å². The summed E-state index contributed by atoms with van der Waals surface area (Å²) < 4.78 is 5.29. The fourth-order valence-electron chi connectivity index (χ4n) is 3.85. The molecule has 0 spiro atoms. The molecule has 0 unspecified atom stereocenters. The van der Waals surface area contributed by atoms with E-state index >= 15 is 0 Å². The third-order valence-electron chi connectivity index (χ3n) is 5.60. The van der Waals surface area contributed by atoms with Gasteiger partial charge in [0.2, 0.25) is 0 Å². The molecule has 6 nitrogen and oxygen atoms in total. The summed E-state index contributed by atoms with van der Waals surface area (Å²) in [5.41, 5.74) is 2.83. The average Bonchev–Trinajstić information content (AvgIpc) is 2.79. The van der Waals surface area contributed by atoms with Crippen molar-refractivity contribution in [2.24, 2.45) is 0 Å². The Hall–Kier alpha value is -3.41. The minimum absolute atomic E-state index is 0.0162. The fourth-order valence-corrected chi connectivity index (χ4v) is 3.85. The fraction of sp³-hybridized carbons (Fsp3) is 0.292. The molecule has 2 heterocycles. The van der Waals surface area contributed by atoms with Crippen LogP contribution in [0.15, 0.2) is 54.6 Å². The number of pyridine rings is 1.